The number of nitrogens with zero attached hydrogens (tertiary/aromatic N) is 1. The summed E-state index contributed by atoms with van der Waals surface area (Å²) in [5, 5.41) is 8.79. The SMILES string of the molecule is CC(C)N(CCO)C(=O)C1(N)CC1. The first kappa shape index (κ1) is 10.5. The predicted molar refractivity (Wildman–Crippen MR) is 50.1 cm³/mol. The molecule has 1 saturated carbocycles. The van der Waals surface area contributed by atoms with Gasteiger partial charge >= 0.3 is 0 Å². The van der Waals surface area contributed by atoms with E-state index in [1.165, 1.54) is 0 Å². The molecule has 1 amide bonds. The van der Waals surface area contributed by atoms with Gasteiger partial charge in [-0.3, -0.25) is 4.79 Å². The van der Waals surface area contributed by atoms with E-state index in [-0.39, 0.29) is 18.6 Å². The van der Waals surface area contributed by atoms with Crippen LogP contribution in [-0.4, -0.2) is 40.6 Å². The summed E-state index contributed by atoms with van der Waals surface area (Å²) in [4.78, 5) is 13.4. The Balaban J connectivity index is 2.58. The topological polar surface area (TPSA) is 66.6 Å². The monoisotopic (exact) mass is 186 g/mol. The van der Waals surface area contributed by atoms with Gasteiger partial charge in [0.15, 0.2) is 0 Å². The molecule has 0 unspecified atom stereocenters. The lowest BCUT2D eigenvalue weighted by molar-refractivity contribution is -0.135. The van der Waals surface area contributed by atoms with Gasteiger partial charge in [-0.15, -0.1) is 0 Å². The van der Waals surface area contributed by atoms with E-state index >= 15 is 0 Å². The maximum absolute atomic E-state index is 11.7. The molecule has 0 aromatic rings. The molecule has 0 saturated heterocycles. The quantitative estimate of drug-likeness (QED) is 0.634. The van der Waals surface area contributed by atoms with Crippen LogP contribution in [0.1, 0.15) is 26.7 Å². The predicted octanol–water partition coefficient (Wildman–Crippen LogP) is -0.293. The third kappa shape index (κ3) is 2.19. The van der Waals surface area contributed by atoms with Gasteiger partial charge in [0.2, 0.25) is 5.91 Å². The van der Waals surface area contributed by atoms with E-state index in [9.17, 15) is 4.79 Å². The molecule has 1 fully saturated rings. The Morgan fingerprint density at radius 1 is 1.62 bits per heavy atom. The first-order valence-corrected chi connectivity index (χ1v) is 4.72. The second-order valence-corrected chi connectivity index (χ2v) is 3.97. The molecule has 4 heteroatoms. The number of aliphatic hydroxyl groups is 1. The Hall–Kier alpha value is -0.610. The van der Waals surface area contributed by atoms with Crippen molar-refractivity contribution in [3.05, 3.63) is 0 Å². The average molecular weight is 186 g/mol. The van der Waals surface area contributed by atoms with Gasteiger partial charge in [0, 0.05) is 12.6 Å². The summed E-state index contributed by atoms with van der Waals surface area (Å²) in [7, 11) is 0. The minimum atomic E-state index is -0.612. The van der Waals surface area contributed by atoms with Crippen molar-refractivity contribution in [1.29, 1.82) is 0 Å². The molecular formula is C9H18N2O2. The zero-order valence-electron chi connectivity index (χ0n) is 8.29. The highest BCUT2D eigenvalue weighted by molar-refractivity contribution is 5.89. The largest absolute Gasteiger partial charge is 0.395 e. The number of hydrogen-bond acceptors (Lipinski definition) is 3. The first-order valence-electron chi connectivity index (χ1n) is 4.72. The maximum Gasteiger partial charge on any atom is 0.242 e. The summed E-state index contributed by atoms with van der Waals surface area (Å²) in [5.74, 6) is -0.0171. The fourth-order valence-corrected chi connectivity index (χ4v) is 1.34. The number of hydrogen-bond donors (Lipinski definition) is 2. The molecule has 0 aliphatic heterocycles. The smallest absolute Gasteiger partial charge is 0.242 e. The molecule has 0 aromatic heterocycles. The van der Waals surface area contributed by atoms with Crippen molar-refractivity contribution in [1.82, 2.24) is 4.90 Å². The van der Waals surface area contributed by atoms with Crippen LogP contribution in [0.15, 0.2) is 0 Å². The summed E-state index contributed by atoms with van der Waals surface area (Å²) in [6, 6.07) is 0.112. The second-order valence-electron chi connectivity index (χ2n) is 3.97. The molecular weight excluding hydrogens is 168 g/mol. The van der Waals surface area contributed by atoms with E-state index in [1.54, 1.807) is 4.90 Å². The summed E-state index contributed by atoms with van der Waals surface area (Å²) < 4.78 is 0. The van der Waals surface area contributed by atoms with Crippen LogP contribution in [0.25, 0.3) is 0 Å². The molecule has 76 valence electrons. The average Bonchev–Trinajstić information content (AvgIpc) is 2.79. The van der Waals surface area contributed by atoms with Crippen LogP contribution >= 0.6 is 0 Å². The van der Waals surface area contributed by atoms with E-state index in [4.69, 9.17) is 10.8 Å². The molecule has 1 rings (SSSR count). The van der Waals surface area contributed by atoms with Gasteiger partial charge in [0.05, 0.1) is 12.1 Å². The van der Waals surface area contributed by atoms with Crippen molar-refractivity contribution in [2.24, 2.45) is 5.73 Å². The fourth-order valence-electron chi connectivity index (χ4n) is 1.34. The molecule has 1 aliphatic carbocycles. The van der Waals surface area contributed by atoms with E-state index < -0.39 is 5.54 Å². The van der Waals surface area contributed by atoms with Gasteiger partial charge in [0.25, 0.3) is 0 Å². The van der Waals surface area contributed by atoms with Crippen LogP contribution in [-0.2, 0) is 4.79 Å². The lowest BCUT2D eigenvalue weighted by atomic mass is 10.2. The third-order valence-electron chi connectivity index (χ3n) is 2.44. The number of aliphatic hydroxyl groups excluding tert-OH is 1. The third-order valence-corrected chi connectivity index (χ3v) is 2.44. The lowest BCUT2D eigenvalue weighted by Crippen LogP contribution is -2.49. The molecule has 3 N–H and O–H groups in total. The zero-order valence-corrected chi connectivity index (χ0v) is 8.29. The Bertz CT molecular complexity index is 200. The number of rotatable bonds is 4. The van der Waals surface area contributed by atoms with Gasteiger partial charge < -0.3 is 15.7 Å². The van der Waals surface area contributed by atoms with Crippen LogP contribution < -0.4 is 5.73 Å². The molecule has 0 atom stereocenters. The minimum absolute atomic E-state index is 0. The Kier molecular flexibility index (Phi) is 2.93. The van der Waals surface area contributed by atoms with Gasteiger partial charge in [0.1, 0.15) is 0 Å². The Morgan fingerprint density at radius 3 is 2.46 bits per heavy atom. The highest BCUT2D eigenvalue weighted by Gasteiger charge is 2.48. The number of carbonyl (C=O) groups is 1. The second kappa shape index (κ2) is 3.64. The van der Waals surface area contributed by atoms with Crippen molar-refractivity contribution in [3.63, 3.8) is 0 Å². The summed E-state index contributed by atoms with van der Waals surface area (Å²) in [6.07, 6.45) is 1.56. The Labute approximate surface area is 78.7 Å². The molecule has 0 bridgehead atoms. The van der Waals surface area contributed by atoms with Gasteiger partial charge in [-0.05, 0) is 26.7 Å². The van der Waals surface area contributed by atoms with Crippen molar-refractivity contribution in [2.75, 3.05) is 13.2 Å². The first-order chi connectivity index (χ1) is 6.01. The van der Waals surface area contributed by atoms with Crippen molar-refractivity contribution >= 4 is 5.91 Å². The fraction of sp³-hybridized carbons (Fsp3) is 0.889. The van der Waals surface area contributed by atoms with Gasteiger partial charge in [-0.2, -0.15) is 0 Å². The lowest BCUT2D eigenvalue weighted by Gasteiger charge is -2.28. The molecule has 0 spiro atoms. The summed E-state index contributed by atoms with van der Waals surface area (Å²) >= 11 is 0. The molecule has 1 aliphatic rings. The molecule has 0 aromatic carbocycles. The Morgan fingerprint density at radius 2 is 2.15 bits per heavy atom. The number of nitrogens with two attached hydrogens (primary N) is 1. The zero-order chi connectivity index (χ0) is 10.1. The van der Waals surface area contributed by atoms with Crippen LogP contribution in [0.5, 0.6) is 0 Å². The summed E-state index contributed by atoms with van der Waals surface area (Å²) in [5.41, 5.74) is 5.17. The normalized spacial score (nSPS) is 18.8. The number of amides is 1. The van der Waals surface area contributed by atoms with E-state index in [2.05, 4.69) is 0 Å². The minimum Gasteiger partial charge on any atom is -0.395 e. The molecule has 0 radical (unpaired) electrons. The van der Waals surface area contributed by atoms with E-state index in [0.717, 1.165) is 12.8 Å². The molecule has 4 nitrogen and oxygen atoms in total. The van der Waals surface area contributed by atoms with Gasteiger partial charge in [-0.25, -0.2) is 0 Å². The van der Waals surface area contributed by atoms with Crippen LogP contribution in [0.4, 0.5) is 0 Å². The van der Waals surface area contributed by atoms with Crippen LogP contribution in [0, 0.1) is 0 Å². The highest BCUT2D eigenvalue weighted by Crippen LogP contribution is 2.34. The number of carbonyl (C=O) groups excluding carboxylic acids is 1. The highest BCUT2D eigenvalue weighted by atomic mass is 16.3. The van der Waals surface area contributed by atoms with Crippen molar-refractivity contribution in [2.45, 2.75) is 38.3 Å². The van der Waals surface area contributed by atoms with Gasteiger partial charge in [-0.1, -0.05) is 0 Å². The molecule has 0 heterocycles. The van der Waals surface area contributed by atoms with Crippen LogP contribution in [0.2, 0.25) is 0 Å². The van der Waals surface area contributed by atoms with E-state index in [1.807, 2.05) is 13.8 Å². The maximum atomic E-state index is 11.7. The molecule has 13 heavy (non-hydrogen) atoms. The van der Waals surface area contributed by atoms with Crippen molar-refractivity contribution in [3.8, 4) is 0 Å². The van der Waals surface area contributed by atoms with E-state index in [0.29, 0.717) is 6.54 Å². The van der Waals surface area contributed by atoms with Crippen molar-refractivity contribution < 1.29 is 9.90 Å². The summed E-state index contributed by atoms with van der Waals surface area (Å²) in [6.45, 7) is 4.24. The van der Waals surface area contributed by atoms with Crippen LogP contribution in [0.3, 0.4) is 0 Å². The standard InChI is InChI=1S/C9H18N2O2/c1-7(2)11(5-6-12)8(13)9(10)3-4-9/h7,12H,3-6,10H2,1-2H3.